The zero-order valence-electron chi connectivity index (χ0n) is 15.0. The summed E-state index contributed by atoms with van der Waals surface area (Å²) in [5, 5.41) is 21.6. The molecule has 0 radical (unpaired) electrons. The Kier molecular flexibility index (Phi) is 5.03. The van der Waals surface area contributed by atoms with Gasteiger partial charge < -0.3 is 20.3 Å². The second-order valence-electron chi connectivity index (χ2n) is 8.61. The van der Waals surface area contributed by atoms with Gasteiger partial charge >= 0.3 is 0 Å². The van der Waals surface area contributed by atoms with Crippen molar-refractivity contribution < 1.29 is 14.9 Å². The zero-order chi connectivity index (χ0) is 17.3. The van der Waals surface area contributed by atoms with Crippen molar-refractivity contribution in [2.24, 2.45) is 17.8 Å². The van der Waals surface area contributed by atoms with Crippen molar-refractivity contribution in [1.29, 1.82) is 0 Å². The lowest BCUT2D eigenvalue weighted by Crippen LogP contribution is -2.48. The van der Waals surface area contributed by atoms with Crippen molar-refractivity contribution >= 4 is 0 Å². The molecule has 4 aliphatic carbocycles. The van der Waals surface area contributed by atoms with E-state index in [9.17, 15) is 5.11 Å². The van der Waals surface area contributed by atoms with Gasteiger partial charge in [0.05, 0.1) is 6.61 Å². The quantitative estimate of drug-likeness (QED) is 0.634. The molecule has 4 saturated carbocycles. The molecule has 4 bridgehead atoms. The SMILES string of the molecule is OCCNCC(O)COc1ccc(C23CC4CC(CC(C4)C2)C3)cc1. The smallest absolute Gasteiger partial charge is 0.119 e. The van der Waals surface area contributed by atoms with Crippen molar-refractivity contribution in [2.45, 2.75) is 50.0 Å². The molecule has 0 heterocycles. The van der Waals surface area contributed by atoms with Crippen LogP contribution in [-0.4, -0.2) is 42.6 Å². The molecule has 0 aliphatic heterocycles. The van der Waals surface area contributed by atoms with Crippen LogP contribution in [-0.2, 0) is 5.41 Å². The van der Waals surface area contributed by atoms with E-state index in [1.54, 1.807) is 0 Å². The van der Waals surface area contributed by atoms with E-state index in [0.717, 1.165) is 23.5 Å². The van der Waals surface area contributed by atoms with E-state index >= 15 is 0 Å². The molecule has 138 valence electrons. The van der Waals surface area contributed by atoms with Crippen LogP contribution < -0.4 is 10.1 Å². The molecule has 0 spiro atoms. The number of aliphatic hydroxyl groups is 2. The first kappa shape index (κ1) is 17.3. The summed E-state index contributed by atoms with van der Waals surface area (Å²) in [6, 6.07) is 8.67. The van der Waals surface area contributed by atoms with Gasteiger partial charge in [0.1, 0.15) is 18.5 Å². The zero-order valence-corrected chi connectivity index (χ0v) is 15.0. The van der Waals surface area contributed by atoms with Crippen LogP contribution in [0.4, 0.5) is 0 Å². The third-order valence-corrected chi connectivity index (χ3v) is 6.62. The molecule has 4 nitrogen and oxygen atoms in total. The highest BCUT2D eigenvalue weighted by molar-refractivity contribution is 5.34. The van der Waals surface area contributed by atoms with Gasteiger partial charge in [-0.05, 0) is 79.4 Å². The number of ether oxygens (including phenoxy) is 1. The van der Waals surface area contributed by atoms with Gasteiger partial charge in [0.25, 0.3) is 0 Å². The van der Waals surface area contributed by atoms with Crippen molar-refractivity contribution in [1.82, 2.24) is 5.32 Å². The Bertz CT molecular complexity index is 536. The minimum atomic E-state index is -0.561. The molecule has 1 unspecified atom stereocenters. The lowest BCUT2D eigenvalue weighted by molar-refractivity contribution is -0.00521. The summed E-state index contributed by atoms with van der Waals surface area (Å²) in [6.45, 7) is 1.29. The maximum absolute atomic E-state index is 9.88. The predicted octanol–water partition coefficient (Wildman–Crippen LogP) is 2.48. The van der Waals surface area contributed by atoms with E-state index < -0.39 is 6.10 Å². The highest BCUT2D eigenvalue weighted by Crippen LogP contribution is 2.60. The first-order chi connectivity index (χ1) is 12.2. The van der Waals surface area contributed by atoms with Crippen LogP contribution >= 0.6 is 0 Å². The average Bonchev–Trinajstić information content (AvgIpc) is 2.59. The van der Waals surface area contributed by atoms with E-state index in [1.807, 2.05) is 0 Å². The number of hydrogen-bond acceptors (Lipinski definition) is 4. The van der Waals surface area contributed by atoms with Crippen LogP contribution in [0.15, 0.2) is 24.3 Å². The van der Waals surface area contributed by atoms with E-state index in [0.29, 0.717) is 18.5 Å². The fourth-order valence-corrected chi connectivity index (χ4v) is 5.97. The van der Waals surface area contributed by atoms with Crippen LogP contribution in [0.25, 0.3) is 0 Å². The maximum atomic E-state index is 9.88. The molecule has 4 aliphatic rings. The summed E-state index contributed by atoms with van der Waals surface area (Å²) >= 11 is 0. The van der Waals surface area contributed by atoms with E-state index in [1.165, 1.54) is 44.1 Å². The Hall–Kier alpha value is -1.10. The van der Waals surface area contributed by atoms with Crippen LogP contribution in [0.2, 0.25) is 0 Å². The molecule has 4 fully saturated rings. The van der Waals surface area contributed by atoms with Gasteiger partial charge in [-0.1, -0.05) is 12.1 Å². The molecule has 1 aromatic rings. The van der Waals surface area contributed by atoms with Gasteiger partial charge in [-0.15, -0.1) is 0 Å². The molecule has 25 heavy (non-hydrogen) atoms. The minimum absolute atomic E-state index is 0.0827. The molecule has 1 atom stereocenters. The summed E-state index contributed by atoms with van der Waals surface area (Å²) in [5.41, 5.74) is 1.94. The van der Waals surface area contributed by atoms with Gasteiger partial charge in [0.15, 0.2) is 0 Å². The lowest BCUT2D eigenvalue weighted by Gasteiger charge is -2.57. The second-order valence-corrected chi connectivity index (χ2v) is 8.61. The van der Waals surface area contributed by atoms with Crippen molar-refractivity contribution in [3.63, 3.8) is 0 Å². The molecule has 3 N–H and O–H groups in total. The van der Waals surface area contributed by atoms with Crippen LogP contribution in [0.3, 0.4) is 0 Å². The molecular weight excluding hydrogens is 314 g/mol. The molecule has 0 aromatic heterocycles. The van der Waals surface area contributed by atoms with Gasteiger partial charge in [-0.3, -0.25) is 0 Å². The molecule has 0 amide bonds. The number of nitrogens with one attached hydrogen (secondary N) is 1. The lowest BCUT2D eigenvalue weighted by atomic mass is 9.48. The Morgan fingerprint density at radius 2 is 1.64 bits per heavy atom. The molecule has 0 saturated heterocycles. The van der Waals surface area contributed by atoms with Crippen LogP contribution in [0, 0.1) is 17.8 Å². The predicted molar refractivity (Wildman–Crippen MR) is 97.7 cm³/mol. The van der Waals surface area contributed by atoms with Gasteiger partial charge in [-0.25, -0.2) is 0 Å². The number of rotatable bonds is 8. The average molecular weight is 345 g/mol. The first-order valence-corrected chi connectivity index (χ1v) is 9.90. The van der Waals surface area contributed by atoms with Crippen molar-refractivity contribution in [3.8, 4) is 5.75 Å². The molecule has 4 heteroatoms. The normalized spacial score (nSPS) is 34.2. The van der Waals surface area contributed by atoms with Gasteiger partial charge in [-0.2, -0.15) is 0 Å². The summed E-state index contributed by atoms with van der Waals surface area (Å²) in [4.78, 5) is 0. The molecule has 5 rings (SSSR count). The topological polar surface area (TPSA) is 61.7 Å². The monoisotopic (exact) mass is 345 g/mol. The first-order valence-electron chi connectivity index (χ1n) is 9.90. The highest BCUT2D eigenvalue weighted by atomic mass is 16.5. The minimum Gasteiger partial charge on any atom is -0.491 e. The largest absolute Gasteiger partial charge is 0.491 e. The standard InChI is InChI=1S/C21H31NO3/c23-6-5-22-13-19(24)14-25-20-3-1-18(2-4-20)21-10-15-7-16(11-21)9-17(8-15)12-21/h1-4,15-17,19,22-24H,5-14H2. The summed E-state index contributed by atoms with van der Waals surface area (Å²) < 4.78 is 5.72. The fourth-order valence-electron chi connectivity index (χ4n) is 5.97. The maximum Gasteiger partial charge on any atom is 0.119 e. The van der Waals surface area contributed by atoms with E-state index in [-0.39, 0.29) is 13.2 Å². The second kappa shape index (κ2) is 7.26. The van der Waals surface area contributed by atoms with Crippen molar-refractivity contribution in [3.05, 3.63) is 29.8 Å². The van der Waals surface area contributed by atoms with Crippen LogP contribution in [0.1, 0.15) is 44.1 Å². The summed E-state index contributed by atoms with van der Waals surface area (Å²) in [5.74, 6) is 3.71. The third kappa shape index (κ3) is 3.71. The number of hydrogen-bond donors (Lipinski definition) is 3. The highest BCUT2D eigenvalue weighted by Gasteiger charge is 2.51. The molecular formula is C21H31NO3. The molecule has 1 aromatic carbocycles. The Balaban J connectivity index is 1.35. The Morgan fingerprint density at radius 1 is 1.04 bits per heavy atom. The fraction of sp³-hybridized carbons (Fsp3) is 0.714. The van der Waals surface area contributed by atoms with Gasteiger partial charge in [0, 0.05) is 13.1 Å². The van der Waals surface area contributed by atoms with Gasteiger partial charge in [0.2, 0.25) is 0 Å². The van der Waals surface area contributed by atoms with E-state index in [4.69, 9.17) is 9.84 Å². The van der Waals surface area contributed by atoms with Crippen LogP contribution in [0.5, 0.6) is 5.75 Å². The summed E-state index contributed by atoms with van der Waals surface area (Å²) in [7, 11) is 0. The summed E-state index contributed by atoms with van der Waals surface area (Å²) in [6.07, 6.45) is 8.01. The van der Waals surface area contributed by atoms with E-state index in [2.05, 4.69) is 29.6 Å². The number of benzene rings is 1. The third-order valence-electron chi connectivity index (χ3n) is 6.62. The Morgan fingerprint density at radius 3 is 2.20 bits per heavy atom. The Labute approximate surface area is 150 Å². The number of aliphatic hydroxyl groups excluding tert-OH is 2. The van der Waals surface area contributed by atoms with Crippen molar-refractivity contribution in [2.75, 3.05) is 26.3 Å².